The number of H-pyrrole nitrogens is 1. The molecule has 2 amide bonds. The smallest absolute Gasteiger partial charge is 0.262 e. The first-order valence-corrected chi connectivity index (χ1v) is 10.8. The molecule has 2 aromatic carbocycles. The van der Waals surface area contributed by atoms with E-state index in [1.54, 1.807) is 24.3 Å². The highest BCUT2D eigenvalue weighted by Gasteiger charge is 2.25. The van der Waals surface area contributed by atoms with E-state index in [1.807, 2.05) is 42.8 Å². The van der Waals surface area contributed by atoms with Crippen LogP contribution < -0.4 is 10.6 Å². The Morgan fingerprint density at radius 1 is 1.03 bits per heavy atom. The van der Waals surface area contributed by atoms with E-state index in [4.69, 9.17) is 0 Å². The summed E-state index contributed by atoms with van der Waals surface area (Å²) in [7, 11) is 0. The molecule has 0 fully saturated rings. The summed E-state index contributed by atoms with van der Waals surface area (Å²) in [4.78, 5) is 29.6. The van der Waals surface area contributed by atoms with Gasteiger partial charge in [0.15, 0.2) is 0 Å². The molecule has 0 radical (unpaired) electrons. The molecule has 0 aliphatic rings. The van der Waals surface area contributed by atoms with E-state index >= 15 is 0 Å². The highest BCUT2D eigenvalue weighted by molar-refractivity contribution is 7.12. The van der Waals surface area contributed by atoms with Crippen molar-refractivity contribution in [3.63, 3.8) is 0 Å². The molecule has 0 aliphatic carbocycles. The van der Waals surface area contributed by atoms with Crippen molar-refractivity contribution in [2.75, 3.05) is 0 Å². The van der Waals surface area contributed by atoms with Crippen LogP contribution >= 0.6 is 11.3 Å². The minimum atomic E-state index is -0.767. The lowest BCUT2D eigenvalue weighted by Gasteiger charge is -2.21. The summed E-state index contributed by atoms with van der Waals surface area (Å²) in [5.41, 5.74) is 2.70. The second-order valence-corrected chi connectivity index (χ2v) is 8.30. The van der Waals surface area contributed by atoms with Crippen LogP contribution in [-0.4, -0.2) is 22.8 Å². The Morgan fingerprint density at radius 2 is 1.81 bits per heavy atom. The van der Waals surface area contributed by atoms with Gasteiger partial charge in [0.2, 0.25) is 5.91 Å². The number of carbonyl (C=O) groups is 2. The molecule has 4 rings (SSSR count). The molecular weight excluding hydrogens is 413 g/mol. The fraction of sp³-hybridized carbons (Fsp3) is 0.167. The third kappa shape index (κ3) is 4.83. The normalized spacial score (nSPS) is 13.0. The van der Waals surface area contributed by atoms with Gasteiger partial charge in [-0.05, 0) is 47.7 Å². The molecule has 0 spiro atoms. The molecule has 2 atom stereocenters. The summed E-state index contributed by atoms with van der Waals surface area (Å²) in [5.74, 6) is -0.917. The monoisotopic (exact) mass is 435 g/mol. The fourth-order valence-corrected chi connectivity index (χ4v) is 4.14. The molecule has 31 heavy (non-hydrogen) atoms. The van der Waals surface area contributed by atoms with Gasteiger partial charge in [0, 0.05) is 23.5 Å². The second kappa shape index (κ2) is 9.14. The van der Waals surface area contributed by atoms with Gasteiger partial charge in [0.1, 0.15) is 11.9 Å². The van der Waals surface area contributed by atoms with E-state index in [0.717, 1.165) is 22.0 Å². The molecule has 3 N–H and O–H groups in total. The van der Waals surface area contributed by atoms with Crippen LogP contribution in [0.2, 0.25) is 0 Å². The number of thiophene rings is 1. The lowest BCUT2D eigenvalue weighted by Crippen LogP contribution is -2.48. The average Bonchev–Trinajstić information content (AvgIpc) is 3.44. The standard InChI is InChI=1S/C24H22FN3O2S/c1-15(16-8-10-18(25)11-9-16)27-23(29)21(28-24(30)22-7-4-12-31-22)13-17-14-26-20-6-3-2-5-19(17)20/h2-12,14-15,21,26H,13H2,1H3,(H,27,29)(H,28,30)/t15?,21-/m0/s1. The summed E-state index contributed by atoms with van der Waals surface area (Å²) in [6.07, 6.45) is 2.20. The van der Waals surface area contributed by atoms with Crippen molar-refractivity contribution in [1.82, 2.24) is 15.6 Å². The summed E-state index contributed by atoms with van der Waals surface area (Å²) in [6, 6.07) is 16.2. The zero-order valence-corrected chi connectivity index (χ0v) is 17.7. The highest BCUT2D eigenvalue weighted by Crippen LogP contribution is 2.20. The number of halogens is 1. The van der Waals surface area contributed by atoms with Crippen LogP contribution in [0.5, 0.6) is 0 Å². The van der Waals surface area contributed by atoms with Crippen molar-refractivity contribution in [3.05, 3.63) is 94.1 Å². The molecule has 0 aliphatic heterocycles. The van der Waals surface area contributed by atoms with Crippen LogP contribution in [0.4, 0.5) is 4.39 Å². The minimum Gasteiger partial charge on any atom is -0.361 e. The van der Waals surface area contributed by atoms with E-state index in [2.05, 4.69) is 15.6 Å². The third-order valence-corrected chi connectivity index (χ3v) is 6.06. The van der Waals surface area contributed by atoms with Crippen LogP contribution in [0.3, 0.4) is 0 Å². The number of fused-ring (bicyclic) bond motifs is 1. The van der Waals surface area contributed by atoms with Gasteiger partial charge in [-0.1, -0.05) is 36.4 Å². The number of aromatic nitrogens is 1. The van der Waals surface area contributed by atoms with Crippen LogP contribution in [0.15, 0.2) is 72.2 Å². The van der Waals surface area contributed by atoms with Gasteiger partial charge in [-0.15, -0.1) is 11.3 Å². The first-order chi connectivity index (χ1) is 15.0. The number of carbonyl (C=O) groups excluding carboxylic acids is 2. The molecule has 4 aromatic rings. The number of amides is 2. The van der Waals surface area contributed by atoms with Gasteiger partial charge < -0.3 is 15.6 Å². The molecular formula is C24H22FN3O2S. The summed E-state index contributed by atoms with van der Waals surface area (Å²) in [5, 5.41) is 8.65. The van der Waals surface area contributed by atoms with Crippen LogP contribution in [-0.2, 0) is 11.2 Å². The third-order valence-electron chi connectivity index (χ3n) is 5.19. The Hall–Kier alpha value is -3.45. The molecule has 0 saturated carbocycles. The number of benzene rings is 2. The van der Waals surface area contributed by atoms with E-state index in [0.29, 0.717) is 11.3 Å². The largest absolute Gasteiger partial charge is 0.361 e. The van der Waals surface area contributed by atoms with Gasteiger partial charge in [-0.3, -0.25) is 9.59 Å². The van der Waals surface area contributed by atoms with Crippen LogP contribution in [0.1, 0.15) is 33.8 Å². The van der Waals surface area contributed by atoms with E-state index in [1.165, 1.54) is 23.5 Å². The summed E-state index contributed by atoms with van der Waals surface area (Å²) >= 11 is 1.32. The number of para-hydroxylation sites is 1. The Balaban J connectivity index is 1.55. The second-order valence-electron chi connectivity index (χ2n) is 7.35. The lowest BCUT2D eigenvalue weighted by molar-refractivity contribution is -0.123. The van der Waals surface area contributed by atoms with E-state index in [-0.39, 0.29) is 23.7 Å². The van der Waals surface area contributed by atoms with Gasteiger partial charge in [-0.2, -0.15) is 0 Å². The van der Waals surface area contributed by atoms with E-state index in [9.17, 15) is 14.0 Å². The van der Waals surface area contributed by atoms with Crippen LogP contribution in [0, 0.1) is 5.82 Å². The maximum Gasteiger partial charge on any atom is 0.262 e. The number of rotatable bonds is 7. The summed E-state index contributed by atoms with van der Waals surface area (Å²) in [6.45, 7) is 1.83. The van der Waals surface area contributed by atoms with Crippen molar-refractivity contribution in [1.29, 1.82) is 0 Å². The van der Waals surface area contributed by atoms with Crippen molar-refractivity contribution in [2.45, 2.75) is 25.4 Å². The first-order valence-electron chi connectivity index (χ1n) is 9.96. The topological polar surface area (TPSA) is 74.0 Å². The van der Waals surface area contributed by atoms with Crippen molar-refractivity contribution in [2.24, 2.45) is 0 Å². The Kier molecular flexibility index (Phi) is 6.13. The number of hydrogen-bond donors (Lipinski definition) is 3. The van der Waals surface area contributed by atoms with Gasteiger partial charge >= 0.3 is 0 Å². The zero-order chi connectivity index (χ0) is 21.8. The SMILES string of the molecule is CC(NC(=O)[C@H](Cc1c[nH]c2ccccc12)NC(=O)c1cccs1)c1ccc(F)cc1. The minimum absolute atomic E-state index is 0.288. The Morgan fingerprint density at radius 3 is 2.55 bits per heavy atom. The molecule has 5 nitrogen and oxygen atoms in total. The Bertz CT molecular complexity index is 1190. The van der Waals surface area contributed by atoms with E-state index < -0.39 is 6.04 Å². The van der Waals surface area contributed by atoms with Crippen molar-refractivity contribution in [3.8, 4) is 0 Å². The number of nitrogens with one attached hydrogen (secondary N) is 3. The van der Waals surface area contributed by atoms with Crippen molar-refractivity contribution >= 4 is 34.1 Å². The van der Waals surface area contributed by atoms with Gasteiger partial charge in [0.25, 0.3) is 5.91 Å². The molecule has 0 bridgehead atoms. The quantitative estimate of drug-likeness (QED) is 0.397. The summed E-state index contributed by atoms with van der Waals surface area (Å²) < 4.78 is 13.2. The molecule has 2 heterocycles. The maximum absolute atomic E-state index is 13.2. The molecule has 7 heteroatoms. The molecule has 1 unspecified atom stereocenters. The van der Waals surface area contributed by atoms with Gasteiger partial charge in [0.05, 0.1) is 10.9 Å². The molecule has 0 saturated heterocycles. The highest BCUT2D eigenvalue weighted by atomic mass is 32.1. The predicted molar refractivity (Wildman–Crippen MR) is 121 cm³/mol. The zero-order valence-electron chi connectivity index (χ0n) is 16.9. The average molecular weight is 436 g/mol. The maximum atomic E-state index is 13.2. The van der Waals surface area contributed by atoms with Gasteiger partial charge in [-0.25, -0.2) is 4.39 Å². The number of hydrogen-bond acceptors (Lipinski definition) is 3. The number of aromatic amines is 1. The molecule has 158 valence electrons. The predicted octanol–water partition coefficient (Wildman–Crippen LogP) is 4.59. The fourth-order valence-electron chi connectivity index (χ4n) is 3.52. The Labute approximate surface area is 183 Å². The first kappa shape index (κ1) is 20.8. The van der Waals surface area contributed by atoms with Crippen molar-refractivity contribution < 1.29 is 14.0 Å². The van der Waals surface area contributed by atoms with Crippen LogP contribution in [0.25, 0.3) is 10.9 Å². The lowest BCUT2D eigenvalue weighted by atomic mass is 10.0. The molecule has 2 aromatic heterocycles.